The van der Waals surface area contributed by atoms with Gasteiger partial charge < -0.3 is 4.57 Å². The van der Waals surface area contributed by atoms with E-state index in [1.54, 1.807) is 0 Å². The van der Waals surface area contributed by atoms with Gasteiger partial charge >= 0.3 is 0 Å². The minimum absolute atomic E-state index is 0.230. The monoisotopic (exact) mass is 253 g/mol. The van der Waals surface area contributed by atoms with E-state index in [0.717, 1.165) is 18.5 Å². The van der Waals surface area contributed by atoms with Gasteiger partial charge in [-0.15, -0.1) is 0 Å². The average Bonchev–Trinajstić information content (AvgIpc) is 2.89. The Balaban J connectivity index is 1.94. The summed E-state index contributed by atoms with van der Waals surface area (Å²) in [5.41, 5.74) is 2.01. The summed E-state index contributed by atoms with van der Waals surface area (Å²) in [5, 5.41) is 0. The Hall–Kier alpha value is -2.09. The van der Waals surface area contributed by atoms with Crippen molar-refractivity contribution in [2.45, 2.75) is 26.3 Å². The Labute approximate surface area is 114 Å². The summed E-state index contributed by atoms with van der Waals surface area (Å²) in [6, 6.07) is 12.1. The van der Waals surface area contributed by atoms with Gasteiger partial charge in [-0.3, -0.25) is 4.79 Å². The molecule has 0 atom stereocenters. The van der Waals surface area contributed by atoms with Crippen LogP contribution in [-0.4, -0.2) is 10.4 Å². The van der Waals surface area contributed by atoms with Gasteiger partial charge in [-0.25, -0.2) is 0 Å². The van der Waals surface area contributed by atoms with Gasteiger partial charge in [-0.1, -0.05) is 49.4 Å². The summed E-state index contributed by atoms with van der Waals surface area (Å²) >= 11 is 0. The predicted octanol–water partition coefficient (Wildman–Crippen LogP) is 4.18. The summed E-state index contributed by atoms with van der Waals surface area (Å²) in [5.74, 6) is 0.230. The van der Waals surface area contributed by atoms with Gasteiger partial charge in [0.25, 0.3) is 0 Å². The van der Waals surface area contributed by atoms with Gasteiger partial charge in [0.05, 0.1) is 0 Å². The molecule has 0 radical (unpaired) electrons. The van der Waals surface area contributed by atoms with Crippen molar-refractivity contribution >= 4 is 11.9 Å². The molecule has 2 rings (SSSR count). The molecule has 2 nitrogen and oxygen atoms in total. The van der Waals surface area contributed by atoms with Crippen LogP contribution < -0.4 is 0 Å². The third-order valence-corrected chi connectivity index (χ3v) is 2.98. The molecule has 1 aromatic carbocycles. The molecule has 0 saturated carbocycles. The molecule has 19 heavy (non-hydrogen) atoms. The summed E-state index contributed by atoms with van der Waals surface area (Å²) in [7, 11) is 0. The Kier molecular flexibility index (Phi) is 4.73. The van der Waals surface area contributed by atoms with Crippen LogP contribution in [0.25, 0.3) is 6.08 Å². The fourth-order valence-electron chi connectivity index (χ4n) is 1.97. The van der Waals surface area contributed by atoms with Crippen LogP contribution in [0.4, 0.5) is 0 Å². The molecular weight excluding hydrogens is 234 g/mol. The van der Waals surface area contributed by atoms with Crippen molar-refractivity contribution in [2.24, 2.45) is 0 Å². The van der Waals surface area contributed by atoms with Crippen molar-refractivity contribution < 1.29 is 4.79 Å². The first kappa shape index (κ1) is 13.3. The predicted molar refractivity (Wildman–Crippen MR) is 79.1 cm³/mol. The van der Waals surface area contributed by atoms with Crippen LogP contribution in [0.15, 0.2) is 54.9 Å². The van der Waals surface area contributed by atoms with Gasteiger partial charge in [0, 0.05) is 30.9 Å². The number of rotatable bonds is 6. The lowest BCUT2D eigenvalue weighted by molar-refractivity contribution is 0.0981. The van der Waals surface area contributed by atoms with Crippen molar-refractivity contribution in [3.8, 4) is 0 Å². The fourth-order valence-corrected chi connectivity index (χ4v) is 1.97. The van der Waals surface area contributed by atoms with E-state index in [9.17, 15) is 4.79 Å². The minimum Gasteiger partial charge on any atom is -0.350 e. The molecule has 0 N–H and O–H groups in total. The Morgan fingerprint density at radius 2 is 2.00 bits per heavy atom. The molecule has 2 aromatic rings. The van der Waals surface area contributed by atoms with Crippen LogP contribution in [-0.2, 0) is 6.54 Å². The molecule has 0 amide bonds. The zero-order valence-corrected chi connectivity index (χ0v) is 11.3. The van der Waals surface area contributed by atoms with E-state index < -0.39 is 0 Å². The van der Waals surface area contributed by atoms with Crippen molar-refractivity contribution in [3.05, 3.63) is 66.0 Å². The average molecular weight is 253 g/mol. The third kappa shape index (κ3) is 3.95. The Bertz CT molecular complexity index is 552. The molecule has 0 saturated heterocycles. The fraction of sp³-hybridized carbons (Fsp3) is 0.235. The highest BCUT2D eigenvalue weighted by atomic mass is 16.1. The number of ketones is 1. The zero-order chi connectivity index (χ0) is 13.5. The van der Waals surface area contributed by atoms with E-state index in [2.05, 4.69) is 24.3 Å². The summed E-state index contributed by atoms with van der Waals surface area (Å²) in [6.45, 7) is 2.81. The number of carbonyl (C=O) groups excluding carboxylic acids is 1. The molecule has 1 aromatic heterocycles. The van der Waals surface area contributed by atoms with Crippen molar-refractivity contribution in [1.29, 1.82) is 0 Å². The lowest BCUT2D eigenvalue weighted by Crippen LogP contribution is -1.96. The van der Waals surface area contributed by atoms with Crippen molar-refractivity contribution in [3.63, 3.8) is 0 Å². The second-order valence-electron chi connectivity index (χ2n) is 4.58. The number of benzene rings is 1. The molecule has 0 fully saturated rings. The Morgan fingerprint density at radius 1 is 1.21 bits per heavy atom. The summed E-state index contributed by atoms with van der Waals surface area (Å²) in [6.07, 6.45) is 9.60. The highest BCUT2D eigenvalue weighted by Gasteiger charge is 2.05. The number of Topliss-reactive ketones (excluding diaryl/α,β-unsaturated/α-hetero) is 1. The van der Waals surface area contributed by atoms with E-state index in [0.29, 0.717) is 6.42 Å². The minimum atomic E-state index is 0.230. The van der Waals surface area contributed by atoms with Gasteiger partial charge in [0.2, 0.25) is 0 Å². The zero-order valence-electron chi connectivity index (χ0n) is 11.3. The number of allylic oxidation sites excluding steroid dienone is 1. The molecule has 0 aliphatic rings. The van der Waals surface area contributed by atoms with Crippen molar-refractivity contribution in [2.75, 3.05) is 0 Å². The number of aromatic nitrogens is 1. The molecule has 0 spiro atoms. The SMILES string of the molecule is CCCC(=O)c1ccn(C/C=C/c2ccccc2)c1. The summed E-state index contributed by atoms with van der Waals surface area (Å²) in [4.78, 5) is 11.7. The van der Waals surface area contributed by atoms with Crippen LogP contribution in [0, 0.1) is 0 Å². The standard InChI is InChI=1S/C17H19NO/c1-2-7-17(19)16-11-13-18(14-16)12-6-10-15-8-4-3-5-9-15/h3-6,8-11,13-14H,2,7,12H2,1H3/b10-6+. The topological polar surface area (TPSA) is 22.0 Å². The molecular formula is C17H19NO. The van der Waals surface area contributed by atoms with E-state index in [-0.39, 0.29) is 5.78 Å². The van der Waals surface area contributed by atoms with Crippen LogP contribution in [0.1, 0.15) is 35.7 Å². The second kappa shape index (κ2) is 6.74. The van der Waals surface area contributed by atoms with Crippen LogP contribution in [0.2, 0.25) is 0 Å². The van der Waals surface area contributed by atoms with E-state index in [4.69, 9.17) is 0 Å². The van der Waals surface area contributed by atoms with Crippen LogP contribution >= 0.6 is 0 Å². The van der Waals surface area contributed by atoms with Gasteiger partial charge in [-0.2, -0.15) is 0 Å². The number of hydrogen-bond acceptors (Lipinski definition) is 1. The first-order valence-corrected chi connectivity index (χ1v) is 6.70. The van der Waals surface area contributed by atoms with Gasteiger partial charge in [-0.05, 0) is 18.1 Å². The van der Waals surface area contributed by atoms with Crippen LogP contribution in [0.5, 0.6) is 0 Å². The van der Waals surface area contributed by atoms with Gasteiger partial charge in [0.1, 0.15) is 0 Å². The number of carbonyl (C=O) groups is 1. The Morgan fingerprint density at radius 3 is 2.74 bits per heavy atom. The maximum atomic E-state index is 11.7. The molecule has 0 bridgehead atoms. The number of hydrogen-bond donors (Lipinski definition) is 0. The van der Waals surface area contributed by atoms with Crippen molar-refractivity contribution in [1.82, 2.24) is 4.57 Å². The second-order valence-corrected chi connectivity index (χ2v) is 4.58. The first-order valence-electron chi connectivity index (χ1n) is 6.70. The smallest absolute Gasteiger partial charge is 0.164 e. The normalized spacial score (nSPS) is 11.0. The van der Waals surface area contributed by atoms with E-state index in [1.807, 2.05) is 48.1 Å². The van der Waals surface area contributed by atoms with Gasteiger partial charge in [0.15, 0.2) is 5.78 Å². The van der Waals surface area contributed by atoms with E-state index >= 15 is 0 Å². The first-order chi connectivity index (χ1) is 9.29. The summed E-state index contributed by atoms with van der Waals surface area (Å²) < 4.78 is 2.03. The molecule has 0 aliphatic carbocycles. The van der Waals surface area contributed by atoms with E-state index in [1.165, 1.54) is 5.56 Å². The quantitative estimate of drug-likeness (QED) is 0.708. The maximum absolute atomic E-state index is 11.7. The molecule has 1 heterocycles. The maximum Gasteiger partial charge on any atom is 0.164 e. The molecule has 2 heteroatoms. The molecule has 0 unspecified atom stereocenters. The van der Waals surface area contributed by atoms with Crippen LogP contribution in [0.3, 0.4) is 0 Å². The highest BCUT2D eigenvalue weighted by Crippen LogP contribution is 2.07. The lowest BCUT2D eigenvalue weighted by Gasteiger charge is -1.97. The highest BCUT2D eigenvalue weighted by molar-refractivity contribution is 5.95. The molecule has 0 aliphatic heterocycles. The largest absolute Gasteiger partial charge is 0.350 e. The third-order valence-electron chi connectivity index (χ3n) is 2.98. The number of nitrogens with zero attached hydrogens (tertiary/aromatic N) is 1. The lowest BCUT2D eigenvalue weighted by atomic mass is 10.1. The molecule has 98 valence electrons.